The molecule has 14 nitrogen and oxygen atoms in total. The molecule has 5 aromatic rings. The maximum Gasteiger partial charge on any atom is 0.336 e. The van der Waals surface area contributed by atoms with E-state index in [1.807, 2.05) is 92.3 Å². The molecule has 5 atom stereocenters. The van der Waals surface area contributed by atoms with Gasteiger partial charge in [-0.05, 0) is 134 Å². The van der Waals surface area contributed by atoms with Crippen molar-refractivity contribution < 1.29 is 43.3 Å². The van der Waals surface area contributed by atoms with Crippen molar-refractivity contribution >= 4 is 107 Å². The van der Waals surface area contributed by atoms with Gasteiger partial charge in [-0.25, -0.2) is 9.37 Å². The zero-order valence-electron chi connectivity index (χ0n) is 38.2. The Balaban J connectivity index is 0.849. The molecule has 2 fully saturated rings. The highest BCUT2D eigenvalue weighted by Gasteiger charge is 2.83. The van der Waals surface area contributed by atoms with E-state index >= 15 is 0 Å². The van der Waals surface area contributed by atoms with Gasteiger partial charge in [0.15, 0.2) is 5.11 Å². The van der Waals surface area contributed by atoms with E-state index in [9.17, 15) is 29.4 Å². The molecule has 1 spiro atoms. The number of Topliss-reactive ketones (excluding diaryl/α,β-unsaturated/α-hetero) is 1. The van der Waals surface area contributed by atoms with E-state index in [1.165, 1.54) is 0 Å². The summed E-state index contributed by atoms with van der Waals surface area (Å²) < 4.78 is 22.0. The number of rotatable bonds is 10. The van der Waals surface area contributed by atoms with Crippen LogP contribution in [0.3, 0.4) is 0 Å². The Hall–Kier alpha value is -6.28. The molecule has 4 heterocycles. The highest BCUT2D eigenvalue weighted by Crippen LogP contribution is 2.66. The van der Waals surface area contributed by atoms with E-state index in [4.69, 9.17) is 26.1 Å². The number of halogens is 2. The molecule has 3 aliphatic heterocycles. The Morgan fingerprint density at radius 3 is 2.29 bits per heavy atom. The van der Waals surface area contributed by atoms with Gasteiger partial charge in [-0.1, -0.05) is 24.3 Å². The molecule has 0 bridgehead atoms. The first-order valence-electron chi connectivity index (χ1n) is 22.1. The fraction of sp³-hybridized carbons (Fsp3) is 0.231. The van der Waals surface area contributed by atoms with E-state index in [0.717, 1.165) is 59.4 Å². The van der Waals surface area contributed by atoms with Crippen LogP contribution in [0.25, 0.3) is 33.4 Å². The number of fused-ring (bicyclic) bond motifs is 4. The monoisotopic (exact) mass is 1100 g/mol. The molecule has 0 saturated carbocycles. The summed E-state index contributed by atoms with van der Waals surface area (Å²) in [5.74, 6) is -7.63. The molecule has 10 rings (SSSR count). The molecule has 5 N–H and O–H groups in total. The number of carbonyl (C=O) groups is 4. The molecule has 5 aliphatic rings. The summed E-state index contributed by atoms with van der Waals surface area (Å²) in [6, 6.07) is 31.0. The first kappa shape index (κ1) is 47.4. The lowest BCUT2D eigenvalue weighted by Crippen LogP contribution is -2.53. The minimum Gasteiger partial charge on any atom is -0.478 e. The number of ketones is 1. The number of nitrogens with zero attached hydrogens (tertiary/aromatic N) is 2. The standard InChI is InChI=1S/C52H43Br2N5O9S2/c1-25-18-36-45(60)51-43(49(64)68-52(51,65)46(36)70-25)42(44(67-51)28-9-17-37(53)38(54)20-28)47(61)57-29-10-6-26(7-11-29)23-55-50(69)56-24-27-8-14-32(48(62)63)35(19-27)41-33-15-12-30(58(2)3)21-39(33)66-40-22-31(59(4)5)13-16-34(40)41/h6-22,42-44,65H,23-24H2,1-5H3,(H3-,55,56,57,61,62,63,69)/p+1/t42-,43?,44-,51?,52?/m0/s1. The third-order valence-electron chi connectivity index (χ3n) is 13.2. The molecular formula is C52H44Br2N5O9S2+. The smallest absolute Gasteiger partial charge is 0.336 e. The van der Waals surface area contributed by atoms with Crippen molar-refractivity contribution in [2.45, 2.75) is 37.5 Å². The lowest BCUT2D eigenvalue weighted by Gasteiger charge is -2.31. The molecule has 2 saturated heterocycles. The fourth-order valence-electron chi connectivity index (χ4n) is 9.78. The van der Waals surface area contributed by atoms with Crippen molar-refractivity contribution in [3.05, 3.63) is 155 Å². The molecule has 2 aliphatic carbocycles. The number of amides is 1. The number of aromatic carboxylic acids is 1. The summed E-state index contributed by atoms with van der Waals surface area (Å²) in [5, 5.41) is 34.0. The number of carbonyl (C=O) groups excluding carboxylic acids is 3. The first-order chi connectivity index (χ1) is 33.4. The third kappa shape index (κ3) is 7.81. The maximum atomic E-state index is 14.4. The number of hydrogen-bond donors (Lipinski definition) is 5. The number of benzene rings is 5. The maximum absolute atomic E-state index is 14.4. The number of thiophene rings is 1. The van der Waals surface area contributed by atoms with Crippen molar-refractivity contribution in [1.29, 1.82) is 0 Å². The molecule has 4 aromatic carbocycles. The predicted molar refractivity (Wildman–Crippen MR) is 277 cm³/mol. The largest absolute Gasteiger partial charge is 0.478 e. The average molecular weight is 1110 g/mol. The van der Waals surface area contributed by atoms with Gasteiger partial charge in [-0.15, -0.1) is 11.3 Å². The van der Waals surface area contributed by atoms with Crippen LogP contribution in [0.15, 0.2) is 116 Å². The summed E-state index contributed by atoms with van der Waals surface area (Å²) >= 11 is 13.8. The van der Waals surface area contributed by atoms with E-state index in [1.54, 1.807) is 55.5 Å². The Morgan fingerprint density at radius 1 is 0.857 bits per heavy atom. The Morgan fingerprint density at radius 2 is 1.59 bits per heavy atom. The van der Waals surface area contributed by atoms with Gasteiger partial charge in [0.2, 0.25) is 22.6 Å². The highest BCUT2D eigenvalue weighted by molar-refractivity contribution is 9.13. The van der Waals surface area contributed by atoms with E-state index in [-0.39, 0.29) is 16.0 Å². The van der Waals surface area contributed by atoms with Crippen LogP contribution in [-0.2, 0) is 37.9 Å². The minimum absolute atomic E-state index is 0.147. The molecule has 70 heavy (non-hydrogen) atoms. The number of aliphatic hydroxyl groups is 1. The van der Waals surface area contributed by atoms with E-state index < -0.39 is 53.0 Å². The van der Waals surface area contributed by atoms with Gasteiger partial charge in [0, 0.05) is 86.6 Å². The van der Waals surface area contributed by atoms with Crippen molar-refractivity contribution in [3.63, 3.8) is 0 Å². The van der Waals surface area contributed by atoms with Crippen LogP contribution in [0.5, 0.6) is 0 Å². The molecule has 1 aromatic heterocycles. The summed E-state index contributed by atoms with van der Waals surface area (Å²) in [4.78, 5) is 58.2. The molecule has 3 unspecified atom stereocenters. The fourth-order valence-corrected chi connectivity index (χ4v) is 11.7. The number of esters is 1. The lowest BCUT2D eigenvalue weighted by atomic mass is 9.75. The quantitative estimate of drug-likeness (QED) is 0.0382. The lowest BCUT2D eigenvalue weighted by molar-refractivity contribution is -0.251. The number of anilines is 2. The van der Waals surface area contributed by atoms with E-state index in [2.05, 4.69) is 47.8 Å². The van der Waals surface area contributed by atoms with Crippen LogP contribution < -0.4 is 30.8 Å². The van der Waals surface area contributed by atoms with Gasteiger partial charge in [0.25, 0.3) is 5.79 Å². The second-order valence-electron chi connectivity index (χ2n) is 18.0. The van der Waals surface area contributed by atoms with Crippen LogP contribution in [0.4, 0.5) is 11.4 Å². The molecule has 0 radical (unpaired) electrons. The summed E-state index contributed by atoms with van der Waals surface area (Å²) in [7, 11) is 7.80. The average Bonchev–Trinajstić information content (AvgIpc) is 4.02. The van der Waals surface area contributed by atoms with E-state index in [0.29, 0.717) is 50.8 Å². The normalized spacial score (nSPS) is 21.0. The van der Waals surface area contributed by atoms with Crippen molar-refractivity contribution in [3.8, 4) is 22.5 Å². The number of thiocarbonyl (C=S) groups is 1. The second-order valence-corrected chi connectivity index (χ2v) is 21.4. The van der Waals surface area contributed by atoms with Gasteiger partial charge in [0.05, 0.1) is 28.5 Å². The first-order valence-corrected chi connectivity index (χ1v) is 24.9. The number of nitrogens with one attached hydrogen (secondary N) is 3. The van der Waals surface area contributed by atoms with Crippen LogP contribution in [0.2, 0.25) is 0 Å². The van der Waals surface area contributed by atoms with Gasteiger partial charge in [-0.3, -0.25) is 14.4 Å². The SMILES string of the molecule is Cc1cc2c(s1)C1(O)OC(=O)C3[C@H](C(=O)Nc4ccc(CNC(=S)NCc5ccc(C(=O)O)c(-c6c7ccc(=[N+](C)C)cc-7oc7cc(N(C)C)ccc67)c5)cc4)[C@H](c4ccc(Br)c(Br)c4)OC31C2=O. The van der Waals surface area contributed by atoms with Gasteiger partial charge >= 0.3 is 11.9 Å². The highest BCUT2D eigenvalue weighted by atomic mass is 79.9. The molecule has 1 amide bonds. The number of carboxylic acid groups (broad SMARTS) is 1. The second kappa shape index (κ2) is 17.8. The van der Waals surface area contributed by atoms with Gasteiger partial charge in [-0.2, -0.15) is 0 Å². The number of aryl methyl sites for hydroxylation is 1. The Kier molecular flexibility index (Phi) is 12.1. The number of ether oxygens (including phenoxy) is 2. The minimum atomic E-state index is -2.39. The van der Waals surface area contributed by atoms with Crippen LogP contribution >= 0.6 is 55.4 Å². The van der Waals surface area contributed by atoms with Crippen LogP contribution in [-0.4, -0.2) is 72.7 Å². The molecule has 356 valence electrons. The number of hydrogen-bond acceptors (Lipinski definition) is 11. The van der Waals surface area contributed by atoms with Crippen molar-refractivity contribution in [1.82, 2.24) is 15.2 Å². The van der Waals surface area contributed by atoms with Gasteiger partial charge in [0.1, 0.15) is 31.4 Å². The van der Waals surface area contributed by atoms with Crippen molar-refractivity contribution in [2.24, 2.45) is 11.8 Å². The third-order valence-corrected chi connectivity index (χ3v) is 16.5. The predicted octanol–water partition coefficient (Wildman–Crippen LogP) is 8.34. The molecular weight excluding hydrogens is 1060 g/mol. The number of carboxylic acids is 1. The van der Waals surface area contributed by atoms with Crippen molar-refractivity contribution in [2.75, 3.05) is 38.4 Å². The zero-order chi connectivity index (χ0) is 49.6. The topological polar surface area (TPSA) is 183 Å². The summed E-state index contributed by atoms with van der Waals surface area (Å²) in [6.45, 7) is 2.41. The molecule has 18 heteroatoms. The van der Waals surface area contributed by atoms with Crippen LogP contribution in [0.1, 0.15) is 53.3 Å². The Labute approximate surface area is 427 Å². The Bertz CT molecular complexity index is 3420. The van der Waals surface area contributed by atoms with Crippen LogP contribution in [0, 0.1) is 18.8 Å². The summed E-state index contributed by atoms with van der Waals surface area (Å²) in [5.41, 5.74) is 4.39. The van der Waals surface area contributed by atoms with Gasteiger partial charge < -0.3 is 45.0 Å². The summed E-state index contributed by atoms with van der Waals surface area (Å²) in [6.07, 6.45) is -1.10. The zero-order valence-corrected chi connectivity index (χ0v) is 43.0.